The van der Waals surface area contributed by atoms with Crippen LogP contribution in [0.4, 0.5) is 0 Å². The van der Waals surface area contributed by atoms with E-state index in [4.69, 9.17) is 9.15 Å². The first-order valence-electron chi connectivity index (χ1n) is 4.52. The molecule has 1 aromatic rings. The van der Waals surface area contributed by atoms with Crippen molar-refractivity contribution in [3.8, 4) is 0 Å². The fourth-order valence-corrected chi connectivity index (χ4v) is 1.34. The summed E-state index contributed by atoms with van der Waals surface area (Å²) in [5.74, 6) is -0.180. The number of halogens is 1. The molecule has 4 nitrogen and oxygen atoms in total. The quantitative estimate of drug-likeness (QED) is 0.917. The van der Waals surface area contributed by atoms with E-state index in [0.29, 0.717) is 16.8 Å². The number of amides is 1. The summed E-state index contributed by atoms with van der Waals surface area (Å²) in [6.45, 7) is 4.25. The summed E-state index contributed by atoms with van der Waals surface area (Å²) >= 11 is 3.15. The highest BCUT2D eigenvalue weighted by molar-refractivity contribution is 9.10. The van der Waals surface area contributed by atoms with Crippen molar-refractivity contribution in [2.24, 2.45) is 0 Å². The zero-order valence-corrected chi connectivity index (χ0v) is 10.6. The second-order valence-corrected chi connectivity index (χ2v) is 4.47. The summed E-state index contributed by atoms with van der Waals surface area (Å²) in [6, 6.07) is 1.61. The van der Waals surface area contributed by atoms with Gasteiger partial charge in [0.15, 0.2) is 4.67 Å². The molecule has 15 heavy (non-hydrogen) atoms. The first-order chi connectivity index (χ1) is 6.96. The molecule has 0 spiro atoms. The zero-order valence-electron chi connectivity index (χ0n) is 8.96. The van der Waals surface area contributed by atoms with E-state index >= 15 is 0 Å². The van der Waals surface area contributed by atoms with Crippen LogP contribution in [-0.2, 0) is 4.74 Å². The Labute approximate surface area is 97.1 Å². The van der Waals surface area contributed by atoms with E-state index in [9.17, 15) is 4.79 Å². The molecule has 0 fully saturated rings. The van der Waals surface area contributed by atoms with Crippen LogP contribution in [-0.4, -0.2) is 25.2 Å². The van der Waals surface area contributed by atoms with Crippen molar-refractivity contribution in [1.29, 1.82) is 0 Å². The van der Waals surface area contributed by atoms with E-state index in [1.165, 1.54) is 6.26 Å². The van der Waals surface area contributed by atoms with Crippen molar-refractivity contribution in [3.05, 3.63) is 22.6 Å². The number of methoxy groups -OCH3 is 1. The van der Waals surface area contributed by atoms with Crippen molar-refractivity contribution in [3.63, 3.8) is 0 Å². The Balaban J connectivity index is 2.55. The molecule has 1 N–H and O–H groups in total. The maximum atomic E-state index is 11.6. The highest BCUT2D eigenvalue weighted by Crippen LogP contribution is 2.17. The molecule has 0 radical (unpaired) electrons. The van der Waals surface area contributed by atoms with Gasteiger partial charge in [0.2, 0.25) is 0 Å². The van der Waals surface area contributed by atoms with Gasteiger partial charge >= 0.3 is 0 Å². The monoisotopic (exact) mass is 275 g/mol. The lowest BCUT2D eigenvalue weighted by Gasteiger charge is -2.22. The van der Waals surface area contributed by atoms with Crippen LogP contribution >= 0.6 is 15.9 Å². The average Bonchev–Trinajstić information content (AvgIpc) is 2.61. The lowest BCUT2D eigenvalue weighted by molar-refractivity contribution is 0.0228. The number of rotatable bonds is 4. The Hall–Kier alpha value is -0.810. The highest BCUT2D eigenvalue weighted by Gasteiger charge is 2.19. The van der Waals surface area contributed by atoms with Crippen LogP contribution in [0.25, 0.3) is 0 Å². The van der Waals surface area contributed by atoms with Gasteiger partial charge in [-0.25, -0.2) is 0 Å². The molecule has 0 aromatic carbocycles. The summed E-state index contributed by atoms with van der Waals surface area (Å²) in [4.78, 5) is 11.6. The number of nitrogens with one attached hydrogen (secondary N) is 1. The maximum Gasteiger partial charge on any atom is 0.255 e. The third kappa shape index (κ3) is 3.35. The Bertz CT molecular complexity index is 346. The van der Waals surface area contributed by atoms with E-state index in [0.717, 1.165) is 0 Å². The third-order valence-corrected chi connectivity index (χ3v) is 2.70. The minimum atomic E-state index is -0.369. The molecule has 0 aliphatic heterocycles. The van der Waals surface area contributed by atoms with Crippen molar-refractivity contribution < 1.29 is 13.9 Å². The van der Waals surface area contributed by atoms with E-state index in [1.54, 1.807) is 13.2 Å². The molecule has 0 bridgehead atoms. The number of hydrogen-bond donors (Lipinski definition) is 1. The largest absolute Gasteiger partial charge is 0.457 e. The normalized spacial score (nSPS) is 11.5. The molecule has 1 aromatic heterocycles. The van der Waals surface area contributed by atoms with Crippen molar-refractivity contribution >= 4 is 21.8 Å². The molecule has 0 atom stereocenters. The molecule has 0 unspecified atom stereocenters. The van der Waals surface area contributed by atoms with Crippen LogP contribution in [0.1, 0.15) is 24.2 Å². The van der Waals surface area contributed by atoms with Gasteiger partial charge in [-0.05, 0) is 35.8 Å². The van der Waals surface area contributed by atoms with Gasteiger partial charge in [0, 0.05) is 13.7 Å². The fraction of sp³-hybridized carbons (Fsp3) is 0.500. The maximum absolute atomic E-state index is 11.6. The van der Waals surface area contributed by atoms with Gasteiger partial charge in [0.1, 0.15) is 0 Å². The third-order valence-electron chi connectivity index (χ3n) is 2.09. The number of furan rings is 1. The Morgan fingerprint density at radius 1 is 1.67 bits per heavy atom. The predicted octanol–water partition coefficient (Wildman–Crippen LogP) is 2.20. The van der Waals surface area contributed by atoms with Crippen molar-refractivity contribution in [2.45, 2.75) is 19.4 Å². The fourth-order valence-electron chi connectivity index (χ4n) is 0.916. The number of carbonyl (C=O) groups excluding carboxylic acids is 1. The van der Waals surface area contributed by atoms with Gasteiger partial charge in [-0.1, -0.05) is 0 Å². The zero-order chi connectivity index (χ0) is 11.5. The first-order valence-corrected chi connectivity index (χ1v) is 5.32. The second-order valence-electron chi connectivity index (χ2n) is 3.75. The molecule has 84 valence electrons. The number of hydrogen-bond acceptors (Lipinski definition) is 3. The summed E-state index contributed by atoms with van der Waals surface area (Å²) in [6.07, 6.45) is 1.46. The molecule has 1 rings (SSSR count). The average molecular weight is 276 g/mol. The summed E-state index contributed by atoms with van der Waals surface area (Å²) in [7, 11) is 1.61. The smallest absolute Gasteiger partial charge is 0.255 e. The van der Waals surface area contributed by atoms with Gasteiger partial charge in [-0.2, -0.15) is 0 Å². The lowest BCUT2D eigenvalue weighted by atomic mass is 10.1. The summed E-state index contributed by atoms with van der Waals surface area (Å²) in [5.41, 5.74) is 0.119. The summed E-state index contributed by atoms with van der Waals surface area (Å²) in [5, 5.41) is 2.76. The highest BCUT2D eigenvalue weighted by atomic mass is 79.9. The second kappa shape index (κ2) is 4.81. The van der Waals surface area contributed by atoms with Crippen LogP contribution < -0.4 is 5.32 Å². The van der Waals surface area contributed by atoms with Gasteiger partial charge in [-0.3, -0.25) is 4.79 Å². The van der Waals surface area contributed by atoms with Crippen molar-refractivity contribution in [2.75, 3.05) is 13.7 Å². The Kier molecular flexibility index (Phi) is 3.93. The molecule has 1 amide bonds. The van der Waals surface area contributed by atoms with Gasteiger partial charge < -0.3 is 14.5 Å². The van der Waals surface area contributed by atoms with Gasteiger partial charge in [0.05, 0.1) is 17.4 Å². The number of ether oxygens (including phenoxy) is 1. The minimum absolute atomic E-state index is 0.180. The molecule has 0 saturated heterocycles. The topological polar surface area (TPSA) is 51.5 Å². The molecule has 1 heterocycles. The molecular formula is C10H14BrNO3. The predicted molar refractivity (Wildman–Crippen MR) is 59.8 cm³/mol. The van der Waals surface area contributed by atoms with Crippen LogP contribution in [0.5, 0.6) is 0 Å². The molecule has 5 heteroatoms. The Morgan fingerprint density at radius 3 is 2.80 bits per heavy atom. The first kappa shape index (κ1) is 12.3. The van der Waals surface area contributed by atoms with Gasteiger partial charge in [0.25, 0.3) is 5.91 Å². The lowest BCUT2D eigenvalue weighted by Crippen LogP contribution is -2.39. The minimum Gasteiger partial charge on any atom is -0.457 e. The van der Waals surface area contributed by atoms with Crippen LogP contribution in [0.2, 0.25) is 0 Å². The van der Waals surface area contributed by atoms with Crippen molar-refractivity contribution in [1.82, 2.24) is 5.32 Å². The van der Waals surface area contributed by atoms with E-state index in [2.05, 4.69) is 21.2 Å². The van der Waals surface area contributed by atoms with E-state index < -0.39 is 0 Å². The van der Waals surface area contributed by atoms with E-state index in [1.807, 2.05) is 13.8 Å². The Morgan fingerprint density at radius 2 is 2.33 bits per heavy atom. The van der Waals surface area contributed by atoms with Crippen LogP contribution in [0.3, 0.4) is 0 Å². The summed E-state index contributed by atoms with van der Waals surface area (Å²) < 4.78 is 10.6. The molecule has 0 aliphatic rings. The van der Waals surface area contributed by atoms with Crippen LogP contribution in [0.15, 0.2) is 21.4 Å². The number of carbonyl (C=O) groups is 1. The SMILES string of the molecule is COC(C)(C)CNC(=O)c1ccoc1Br. The molecular weight excluding hydrogens is 262 g/mol. The van der Waals surface area contributed by atoms with E-state index in [-0.39, 0.29) is 11.5 Å². The molecule has 0 saturated carbocycles. The van der Waals surface area contributed by atoms with Crippen LogP contribution in [0, 0.1) is 0 Å². The van der Waals surface area contributed by atoms with Gasteiger partial charge in [-0.15, -0.1) is 0 Å². The molecule has 0 aliphatic carbocycles. The standard InChI is InChI=1S/C10H14BrNO3/c1-10(2,14-3)6-12-9(13)7-4-5-15-8(7)11/h4-5H,6H2,1-3H3,(H,12,13).